The number of aromatic nitrogens is 3. The summed E-state index contributed by atoms with van der Waals surface area (Å²) in [5.41, 5.74) is -0.00632. The third-order valence-electron chi connectivity index (χ3n) is 7.51. The van der Waals surface area contributed by atoms with Crippen LogP contribution in [0.15, 0.2) is 36.9 Å². The third kappa shape index (κ3) is 5.70. The topological polar surface area (TPSA) is 150 Å². The Balaban J connectivity index is 1.47. The molecule has 4 unspecified atom stereocenters. The normalized spacial score (nSPS) is 36.4. The number of hydrogen-bond acceptors (Lipinski definition) is 9. The maximum absolute atomic E-state index is 12.1. The van der Waals surface area contributed by atoms with Crippen molar-refractivity contribution < 1.29 is 35.0 Å². The highest BCUT2D eigenvalue weighted by molar-refractivity contribution is 6.30. The molecule has 0 amide bonds. The average Bonchev–Trinajstić information content (AvgIpc) is 3.46. The van der Waals surface area contributed by atoms with Crippen molar-refractivity contribution in [3.63, 3.8) is 0 Å². The molecule has 10 nitrogen and oxygen atoms in total. The molecule has 1 saturated carbocycles. The first-order valence-electron chi connectivity index (χ1n) is 11.9. The Kier molecular flexibility index (Phi) is 8.45. The van der Waals surface area contributed by atoms with Crippen LogP contribution >= 0.6 is 11.6 Å². The Morgan fingerprint density at radius 2 is 1.91 bits per heavy atom. The van der Waals surface area contributed by atoms with E-state index in [2.05, 4.69) is 10.1 Å². The molecule has 1 aliphatic heterocycles. The van der Waals surface area contributed by atoms with Gasteiger partial charge in [0.05, 0.1) is 25.4 Å². The van der Waals surface area contributed by atoms with E-state index < -0.39 is 42.9 Å². The smallest absolute Gasteiger partial charge is 0.186 e. The Bertz CT molecular complexity index is 932. The van der Waals surface area contributed by atoms with E-state index in [-0.39, 0.29) is 30.9 Å². The lowest BCUT2D eigenvalue weighted by molar-refractivity contribution is -0.304. The van der Waals surface area contributed by atoms with Crippen molar-refractivity contribution >= 4 is 11.6 Å². The maximum Gasteiger partial charge on any atom is 0.186 e. The lowest BCUT2D eigenvalue weighted by Crippen LogP contribution is -2.59. The summed E-state index contributed by atoms with van der Waals surface area (Å²) < 4.78 is 12.9. The van der Waals surface area contributed by atoms with E-state index in [4.69, 9.17) is 21.1 Å². The minimum absolute atomic E-state index is 0.0346. The summed E-state index contributed by atoms with van der Waals surface area (Å²) in [5.74, 6) is -0.312. The fraction of sp³-hybridized carbons (Fsp3) is 0.667. The fourth-order valence-corrected chi connectivity index (χ4v) is 5.66. The number of halogens is 1. The molecule has 2 heterocycles. The van der Waals surface area contributed by atoms with Gasteiger partial charge in [-0.3, -0.25) is 4.68 Å². The Labute approximate surface area is 209 Å². The molecule has 5 N–H and O–H groups in total. The highest BCUT2D eigenvalue weighted by atomic mass is 35.5. The van der Waals surface area contributed by atoms with Crippen molar-refractivity contribution in [3.8, 4) is 0 Å². The monoisotopic (exact) mass is 511 g/mol. The lowest BCUT2D eigenvalue weighted by Gasteiger charge is -2.41. The molecule has 0 radical (unpaired) electrons. The molecule has 0 bridgehead atoms. The van der Waals surface area contributed by atoms with Gasteiger partial charge in [-0.2, -0.15) is 5.10 Å². The van der Waals surface area contributed by atoms with Crippen LogP contribution < -0.4 is 0 Å². The Morgan fingerprint density at radius 1 is 1.17 bits per heavy atom. The van der Waals surface area contributed by atoms with Gasteiger partial charge in [0.2, 0.25) is 0 Å². The summed E-state index contributed by atoms with van der Waals surface area (Å²) in [6, 6.07) is 7.63. The molecule has 2 aromatic rings. The van der Waals surface area contributed by atoms with Gasteiger partial charge in [0.1, 0.15) is 37.1 Å². The van der Waals surface area contributed by atoms with Crippen LogP contribution in [0.4, 0.5) is 0 Å². The highest BCUT2D eigenvalue weighted by Gasteiger charge is 2.51. The van der Waals surface area contributed by atoms with Gasteiger partial charge < -0.3 is 35.0 Å². The summed E-state index contributed by atoms with van der Waals surface area (Å²) in [4.78, 5) is 4.01. The first-order chi connectivity index (χ1) is 16.7. The van der Waals surface area contributed by atoms with Gasteiger partial charge in [0.15, 0.2) is 6.29 Å². The van der Waals surface area contributed by atoms with Crippen molar-refractivity contribution in [2.24, 2.45) is 17.8 Å². The summed E-state index contributed by atoms with van der Waals surface area (Å²) in [6.45, 7) is 1.86. The largest absolute Gasteiger partial charge is 0.394 e. The van der Waals surface area contributed by atoms with Crippen LogP contribution in [0.3, 0.4) is 0 Å². The number of aliphatic hydroxyl groups excluding tert-OH is 4. The van der Waals surface area contributed by atoms with Gasteiger partial charge in [-0.25, -0.2) is 4.98 Å². The molecule has 4 rings (SSSR count). The highest BCUT2D eigenvalue weighted by Crippen LogP contribution is 2.47. The minimum Gasteiger partial charge on any atom is -0.394 e. The first-order valence-corrected chi connectivity index (χ1v) is 12.3. The average molecular weight is 512 g/mol. The van der Waals surface area contributed by atoms with Gasteiger partial charge in [-0.05, 0) is 54.7 Å². The van der Waals surface area contributed by atoms with Gasteiger partial charge in [0.25, 0.3) is 0 Å². The van der Waals surface area contributed by atoms with E-state index >= 15 is 0 Å². The molecule has 2 fully saturated rings. The maximum atomic E-state index is 12.1. The van der Waals surface area contributed by atoms with Crippen LogP contribution in [0.1, 0.15) is 25.3 Å². The Hall–Kier alpha value is -1.63. The van der Waals surface area contributed by atoms with Crippen LogP contribution in [0.2, 0.25) is 5.02 Å². The van der Waals surface area contributed by atoms with Crippen LogP contribution in [-0.2, 0) is 22.4 Å². The molecule has 1 aromatic heterocycles. The minimum atomic E-state index is -1.50. The molecular weight excluding hydrogens is 478 g/mol. The molecule has 1 aliphatic carbocycles. The SMILES string of the molecule is CC(CO[C@H]1O[C@H](CO)[C@@H](O)[C@H](O)[C@H]1O)C1CCC(Cc2ccc(Cl)cc2)C1(O)Cn1cncn1. The van der Waals surface area contributed by atoms with Gasteiger partial charge in [0, 0.05) is 5.02 Å². The summed E-state index contributed by atoms with van der Waals surface area (Å²) in [5, 5.41) is 56.6. The van der Waals surface area contributed by atoms with Crippen molar-refractivity contribution in [3.05, 3.63) is 47.5 Å². The third-order valence-corrected chi connectivity index (χ3v) is 7.76. The van der Waals surface area contributed by atoms with Crippen LogP contribution in [-0.4, -0.2) is 89.8 Å². The molecule has 1 saturated heterocycles. The van der Waals surface area contributed by atoms with Gasteiger partial charge >= 0.3 is 0 Å². The zero-order chi connectivity index (χ0) is 25.2. The van der Waals surface area contributed by atoms with Crippen molar-refractivity contribution in [1.82, 2.24) is 14.8 Å². The molecule has 9 atom stereocenters. The quantitative estimate of drug-likeness (QED) is 0.322. The predicted molar refractivity (Wildman–Crippen MR) is 125 cm³/mol. The summed E-state index contributed by atoms with van der Waals surface area (Å²) in [7, 11) is 0. The van der Waals surface area contributed by atoms with E-state index in [1.165, 1.54) is 6.33 Å². The molecule has 1 aromatic carbocycles. The summed E-state index contributed by atoms with van der Waals surface area (Å²) >= 11 is 6.03. The Morgan fingerprint density at radius 3 is 2.57 bits per heavy atom. The zero-order valence-corrected chi connectivity index (χ0v) is 20.4. The molecule has 35 heavy (non-hydrogen) atoms. The molecular formula is C24H34ClN3O7. The van der Waals surface area contributed by atoms with Crippen LogP contribution in [0, 0.1) is 17.8 Å². The zero-order valence-electron chi connectivity index (χ0n) is 19.6. The van der Waals surface area contributed by atoms with E-state index in [1.54, 1.807) is 11.0 Å². The number of aliphatic hydroxyl groups is 5. The number of ether oxygens (including phenoxy) is 2. The molecule has 194 valence electrons. The fourth-order valence-electron chi connectivity index (χ4n) is 5.53. The predicted octanol–water partition coefficient (Wildman–Crippen LogP) is 0.384. The number of benzene rings is 1. The van der Waals surface area contributed by atoms with Crippen molar-refractivity contribution in [2.75, 3.05) is 13.2 Å². The van der Waals surface area contributed by atoms with Gasteiger partial charge in [-0.1, -0.05) is 30.7 Å². The molecule has 2 aliphatic rings. The van der Waals surface area contributed by atoms with Crippen LogP contribution in [0.25, 0.3) is 0 Å². The number of hydrogen-bond donors (Lipinski definition) is 5. The van der Waals surface area contributed by atoms with Crippen LogP contribution in [0.5, 0.6) is 0 Å². The number of nitrogens with zero attached hydrogens (tertiary/aromatic N) is 3. The van der Waals surface area contributed by atoms with Gasteiger partial charge in [-0.15, -0.1) is 0 Å². The van der Waals surface area contributed by atoms with E-state index in [9.17, 15) is 25.5 Å². The van der Waals surface area contributed by atoms with Crippen molar-refractivity contribution in [2.45, 2.75) is 69.0 Å². The second-order valence-corrected chi connectivity index (χ2v) is 10.2. The lowest BCUT2D eigenvalue weighted by atomic mass is 9.76. The van der Waals surface area contributed by atoms with Crippen molar-refractivity contribution in [1.29, 1.82) is 0 Å². The standard InChI is InChI=1S/C24H34ClN3O7/c1-14(10-34-23-22(32)21(31)20(30)19(9-29)35-23)18-7-4-16(8-15-2-5-17(25)6-3-15)24(18,33)11-28-13-26-12-27-28/h2-3,5-6,12-14,16,18-23,29-33H,4,7-11H2,1H3/t14?,16?,18?,19-,20-,21+,22-,23+,24?/m1/s1. The first kappa shape index (κ1) is 26.4. The summed E-state index contributed by atoms with van der Waals surface area (Å²) in [6.07, 6.45) is -1.37. The van der Waals surface area contributed by atoms with E-state index in [0.29, 0.717) is 11.4 Å². The molecule has 0 spiro atoms. The molecule has 11 heteroatoms. The second-order valence-electron chi connectivity index (χ2n) is 9.80. The van der Waals surface area contributed by atoms with E-state index in [0.717, 1.165) is 18.4 Å². The second kappa shape index (κ2) is 11.2. The number of rotatable bonds is 9. The van der Waals surface area contributed by atoms with E-state index in [1.807, 2.05) is 31.2 Å².